The molecule has 0 amide bonds. The van der Waals surface area contributed by atoms with Crippen LogP contribution in [0.4, 0.5) is 11.4 Å². The number of anilines is 2. The number of ketones is 2. The number of benzene rings is 2. The van der Waals surface area contributed by atoms with Crippen molar-refractivity contribution in [1.29, 1.82) is 5.41 Å². The van der Waals surface area contributed by atoms with Crippen LogP contribution in [0.5, 0.6) is 11.5 Å². The first-order chi connectivity index (χ1) is 15.5. The minimum atomic E-state index is -0.772. The number of carbonyl (C=O) groups is 2. The number of hydrogen-bond acceptors (Lipinski definition) is 6. The van der Waals surface area contributed by atoms with Gasteiger partial charge in [0.15, 0.2) is 5.78 Å². The van der Waals surface area contributed by atoms with Crippen molar-refractivity contribution in [1.82, 2.24) is 0 Å². The fourth-order valence-electron chi connectivity index (χ4n) is 4.33. The van der Waals surface area contributed by atoms with Gasteiger partial charge in [0.1, 0.15) is 29.2 Å². The van der Waals surface area contributed by atoms with E-state index < -0.39 is 6.04 Å². The molecular weight excluding hydrogens is 406 g/mol. The Balaban J connectivity index is 1.79. The molecule has 1 saturated heterocycles. The summed E-state index contributed by atoms with van der Waals surface area (Å²) in [5.41, 5.74) is 3.63. The minimum Gasteiger partial charge on any atom is -0.497 e. The lowest BCUT2D eigenvalue weighted by Crippen LogP contribution is -2.37. The summed E-state index contributed by atoms with van der Waals surface area (Å²) < 4.78 is 10.8. The van der Waals surface area contributed by atoms with Crippen LogP contribution in [0.1, 0.15) is 31.7 Å². The molecule has 4 rings (SSSR count). The van der Waals surface area contributed by atoms with E-state index in [9.17, 15) is 9.59 Å². The predicted molar refractivity (Wildman–Crippen MR) is 124 cm³/mol. The fourth-order valence-corrected chi connectivity index (χ4v) is 4.33. The Labute approximate surface area is 187 Å². The first kappa shape index (κ1) is 21.6. The van der Waals surface area contributed by atoms with Crippen LogP contribution in [0, 0.1) is 5.41 Å². The van der Waals surface area contributed by atoms with Crippen molar-refractivity contribution >= 4 is 28.8 Å². The topological polar surface area (TPSA) is 91.7 Å². The number of para-hydroxylation sites is 1. The number of allylic oxidation sites excluding steroid dienone is 1. The third-order valence-corrected chi connectivity index (χ3v) is 5.87. The molecule has 0 aliphatic carbocycles. The van der Waals surface area contributed by atoms with E-state index in [-0.39, 0.29) is 23.8 Å². The molecule has 2 aliphatic rings. The van der Waals surface area contributed by atoms with E-state index in [4.69, 9.17) is 14.9 Å². The average Bonchev–Trinajstić information content (AvgIpc) is 3.31. The third-order valence-electron chi connectivity index (χ3n) is 5.87. The van der Waals surface area contributed by atoms with Crippen molar-refractivity contribution in [2.45, 2.75) is 38.6 Å². The number of hydrogen-bond donors (Lipinski definition) is 2. The SMILES string of the molecule is CCCC(=O)CC1C(=O)C(=C2Cc3ccccc3N2)C(=N)N1c1cc(OC)cc(OC)c1. The van der Waals surface area contributed by atoms with Crippen LogP contribution < -0.4 is 19.7 Å². The monoisotopic (exact) mass is 433 g/mol. The number of ether oxygens (including phenoxy) is 2. The van der Waals surface area contributed by atoms with Gasteiger partial charge < -0.3 is 19.7 Å². The van der Waals surface area contributed by atoms with E-state index in [0.717, 1.165) is 17.7 Å². The van der Waals surface area contributed by atoms with Crippen molar-refractivity contribution in [3.63, 3.8) is 0 Å². The lowest BCUT2D eigenvalue weighted by atomic mass is 10.00. The van der Waals surface area contributed by atoms with Gasteiger partial charge in [0, 0.05) is 48.8 Å². The van der Waals surface area contributed by atoms with E-state index in [1.807, 2.05) is 31.2 Å². The summed E-state index contributed by atoms with van der Waals surface area (Å²) in [4.78, 5) is 27.8. The zero-order valence-corrected chi connectivity index (χ0v) is 18.5. The Morgan fingerprint density at radius 1 is 1.16 bits per heavy atom. The molecule has 166 valence electrons. The molecule has 1 unspecified atom stereocenters. The minimum absolute atomic E-state index is 0.00688. The molecule has 0 spiro atoms. The summed E-state index contributed by atoms with van der Waals surface area (Å²) in [6.07, 6.45) is 1.72. The van der Waals surface area contributed by atoms with Crippen molar-refractivity contribution in [2.24, 2.45) is 0 Å². The summed E-state index contributed by atoms with van der Waals surface area (Å²) in [7, 11) is 3.10. The van der Waals surface area contributed by atoms with Gasteiger partial charge in [-0.25, -0.2) is 0 Å². The van der Waals surface area contributed by atoms with Crippen LogP contribution in [0.3, 0.4) is 0 Å². The number of carbonyl (C=O) groups excluding carboxylic acids is 2. The number of methoxy groups -OCH3 is 2. The van der Waals surface area contributed by atoms with E-state index in [2.05, 4.69) is 5.32 Å². The highest BCUT2D eigenvalue weighted by atomic mass is 16.5. The van der Waals surface area contributed by atoms with Gasteiger partial charge in [-0.2, -0.15) is 0 Å². The van der Waals surface area contributed by atoms with Crippen molar-refractivity contribution in [3.05, 3.63) is 59.3 Å². The zero-order chi connectivity index (χ0) is 22.8. The van der Waals surface area contributed by atoms with Gasteiger partial charge in [-0.15, -0.1) is 0 Å². The molecule has 2 heterocycles. The molecule has 32 heavy (non-hydrogen) atoms. The van der Waals surface area contributed by atoms with Crippen LogP contribution in [-0.2, 0) is 16.0 Å². The standard InChI is InChI=1S/C25H27N3O4/c1-4-7-17(29)13-22-24(30)23(21-10-15-8-5-6-9-20(15)27-21)25(26)28(22)16-11-18(31-2)14-19(12-16)32-3/h5-6,8-9,11-12,14,22,26-27H,4,7,10,13H2,1-3H3. The van der Waals surface area contributed by atoms with Crippen LogP contribution in [0.15, 0.2) is 53.7 Å². The van der Waals surface area contributed by atoms with E-state index in [1.54, 1.807) is 37.3 Å². The Kier molecular flexibility index (Phi) is 5.99. The zero-order valence-electron chi connectivity index (χ0n) is 18.5. The maximum atomic E-state index is 13.6. The van der Waals surface area contributed by atoms with Gasteiger partial charge >= 0.3 is 0 Å². The summed E-state index contributed by atoms with van der Waals surface area (Å²) in [5, 5.41) is 12.3. The largest absolute Gasteiger partial charge is 0.497 e. The molecule has 7 heteroatoms. The number of Topliss-reactive ketones (excluding diaryl/α,β-unsaturated/α-hetero) is 2. The molecule has 2 N–H and O–H groups in total. The molecule has 2 aliphatic heterocycles. The van der Waals surface area contributed by atoms with Crippen molar-refractivity contribution in [3.8, 4) is 11.5 Å². The molecule has 0 bridgehead atoms. The summed E-state index contributed by atoms with van der Waals surface area (Å²) in [5.74, 6) is 0.968. The van der Waals surface area contributed by atoms with Gasteiger partial charge in [0.2, 0.25) is 0 Å². The van der Waals surface area contributed by atoms with E-state index >= 15 is 0 Å². The number of nitrogens with zero attached hydrogens (tertiary/aromatic N) is 1. The second-order valence-corrected chi connectivity index (χ2v) is 7.97. The molecule has 2 aromatic carbocycles. The second kappa shape index (κ2) is 8.86. The van der Waals surface area contributed by atoms with Gasteiger partial charge in [0.05, 0.1) is 25.5 Å². The van der Waals surface area contributed by atoms with Crippen LogP contribution in [0.25, 0.3) is 0 Å². The molecule has 1 fully saturated rings. The number of nitrogens with one attached hydrogen (secondary N) is 2. The first-order valence-corrected chi connectivity index (χ1v) is 10.7. The van der Waals surface area contributed by atoms with Crippen LogP contribution in [0.2, 0.25) is 0 Å². The lowest BCUT2D eigenvalue weighted by molar-refractivity contribution is -0.123. The quantitative estimate of drug-likeness (QED) is 0.638. The Bertz CT molecular complexity index is 1070. The predicted octanol–water partition coefficient (Wildman–Crippen LogP) is 4.12. The van der Waals surface area contributed by atoms with Crippen LogP contribution in [-0.4, -0.2) is 37.7 Å². The normalized spacial score (nSPS) is 19.7. The molecule has 0 saturated carbocycles. The number of amidine groups is 1. The van der Waals surface area contributed by atoms with Gasteiger partial charge in [-0.05, 0) is 18.1 Å². The van der Waals surface area contributed by atoms with Gasteiger partial charge in [-0.3, -0.25) is 15.0 Å². The summed E-state index contributed by atoms with van der Waals surface area (Å²) >= 11 is 0. The van der Waals surface area contributed by atoms with Crippen molar-refractivity contribution in [2.75, 3.05) is 24.4 Å². The molecular formula is C25H27N3O4. The average molecular weight is 434 g/mol. The van der Waals surface area contributed by atoms with Gasteiger partial charge in [0.25, 0.3) is 0 Å². The summed E-state index contributed by atoms with van der Waals surface area (Å²) in [6.45, 7) is 1.94. The Hall–Kier alpha value is -3.61. The van der Waals surface area contributed by atoms with Crippen LogP contribution >= 0.6 is 0 Å². The number of rotatable bonds is 7. The van der Waals surface area contributed by atoms with E-state index in [0.29, 0.717) is 41.3 Å². The maximum absolute atomic E-state index is 13.6. The lowest BCUT2D eigenvalue weighted by Gasteiger charge is -2.25. The third kappa shape index (κ3) is 3.86. The molecule has 0 aromatic heterocycles. The molecule has 0 radical (unpaired) electrons. The second-order valence-electron chi connectivity index (χ2n) is 7.97. The summed E-state index contributed by atoms with van der Waals surface area (Å²) in [6, 6.07) is 12.3. The highest BCUT2D eigenvalue weighted by Crippen LogP contribution is 2.38. The molecule has 7 nitrogen and oxygen atoms in total. The maximum Gasteiger partial charge on any atom is 0.191 e. The Morgan fingerprint density at radius 2 is 1.84 bits per heavy atom. The molecule has 2 aromatic rings. The first-order valence-electron chi connectivity index (χ1n) is 10.7. The molecule has 1 atom stereocenters. The fraction of sp³-hybridized carbons (Fsp3) is 0.320. The Morgan fingerprint density at radius 3 is 2.47 bits per heavy atom. The van der Waals surface area contributed by atoms with Crippen molar-refractivity contribution < 1.29 is 19.1 Å². The van der Waals surface area contributed by atoms with Gasteiger partial charge in [-0.1, -0.05) is 25.1 Å². The smallest absolute Gasteiger partial charge is 0.191 e. The highest BCUT2D eigenvalue weighted by molar-refractivity contribution is 6.35. The number of fused-ring (bicyclic) bond motifs is 1. The highest BCUT2D eigenvalue weighted by Gasteiger charge is 2.44. The van der Waals surface area contributed by atoms with E-state index in [1.165, 1.54) is 0 Å².